The van der Waals surface area contributed by atoms with Gasteiger partial charge in [0.1, 0.15) is 0 Å². The fourth-order valence-corrected chi connectivity index (χ4v) is 2.47. The van der Waals surface area contributed by atoms with Crippen LogP contribution in [0.15, 0.2) is 48.5 Å². The largest absolute Gasteiger partial charge is 0.489 e. The van der Waals surface area contributed by atoms with Crippen molar-refractivity contribution in [2.45, 2.75) is 0 Å². The second-order valence-electron chi connectivity index (χ2n) is 4.63. The van der Waals surface area contributed by atoms with Gasteiger partial charge in [-0.2, -0.15) is 0 Å². The van der Waals surface area contributed by atoms with Crippen LogP contribution in [-0.4, -0.2) is 28.2 Å². The molecule has 0 saturated heterocycles. The van der Waals surface area contributed by atoms with Crippen LogP contribution in [0.1, 0.15) is 10.4 Å². The maximum Gasteiger partial charge on any atom is 0.489 e. The molecule has 0 saturated carbocycles. The molecule has 3 N–H and O–H groups in total. The van der Waals surface area contributed by atoms with E-state index in [0.29, 0.717) is 16.2 Å². The van der Waals surface area contributed by atoms with Gasteiger partial charge in [-0.05, 0) is 45.2 Å². The van der Waals surface area contributed by atoms with Crippen LogP contribution in [0, 0.1) is 0 Å². The van der Waals surface area contributed by atoms with E-state index in [2.05, 4.69) is 0 Å². The number of aromatic carboxylic acids is 1. The second-order valence-corrected chi connectivity index (χ2v) is 4.63. The first-order chi connectivity index (χ1) is 9.58. The summed E-state index contributed by atoms with van der Waals surface area (Å²) in [5, 5.41) is 31.0. The second kappa shape index (κ2) is 4.63. The summed E-state index contributed by atoms with van der Waals surface area (Å²) in [6, 6.07) is 13.9. The molecule has 3 aromatic rings. The molecule has 4 nitrogen and oxygen atoms in total. The summed E-state index contributed by atoms with van der Waals surface area (Å²) in [6.07, 6.45) is 0. The molecule has 0 radical (unpaired) electrons. The first-order valence-corrected chi connectivity index (χ1v) is 6.13. The van der Waals surface area contributed by atoms with Gasteiger partial charge in [0, 0.05) is 0 Å². The van der Waals surface area contributed by atoms with Crippen LogP contribution in [-0.2, 0) is 0 Å². The van der Waals surface area contributed by atoms with Crippen LogP contribution in [0.25, 0.3) is 21.5 Å². The van der Waals surface area contributed by atoms with E-state index in [0.717, 1.165) is 10.8 Å². The highest BCUT2D eigenvalue weighted by Gasteiger charge is 2.18. The van der Waals surface area contributed by atoms with Crippen LogP contribution in [0.2, 0.25) is 0 Å². The Kier molecular flexibility index (Phi) is 2.93. The zero-order valence-electron chi connectivity index (χ0n) is 10.4. The summed E-state index contributed by atoms with van der Waals surface area (Å²) in [5.41, 5.74) is 0.450. The Labute approximate surface area is 115 Å². The number of carboxylic acid groups (broad SMARTS) is 1. The van der Waals surface area contributed by atoms with Crippen molar-refractivity contribution in [1.29, 1.82) is 0 Å². The molecule has 5 heteroatoms. The fourth-order valence-electron chi connectivity index (χ4n) is 2.47. The normalized spacial score (nSPS) is 10.9. The van der Waals surface area contributed by atoms with Gasteiger partial charge in [0.25, 0.3) is 0 Å². The first-order valence-electron chi connectivity index (χ1n) is 6.13. The Bertz CT molecular complexity index is 827. The van der Waals surface area contributed by atoms with Gasteiger partial charge in [-0.1, -0.05) is 30.3 Å². The van der Waals surface area contributed by atoms with E-state index in [1.165, 1.54) is 12.1 Å². The van der Waals surface area contributed by atoms with Crippen molar-refractivity contribution in [1.82, 2.24) is 0 Å². The lowest BCUT2D eigenvalue weighted by atomic mass is 9.76. The summed E-state index contributed by atoms with van der Waals surface area (Å²) in [7, 11) is -1.64. The van der Waals surface area contributed by atoms with Crippen LogP contribution < -0.4 is 5.46 Å². The molecular weight excluding hydrogens is 255 g/mol. The quantitative estimate of drug-likeness (QED) is 0.483. The number of benzene rings is 3. The van der Waals surface area contributed by atoms with Crippen molar-refractivity contribution in [3.8, 4) is 0 Å². The average Bonchev–Trinajstić information content (AvgIpc) is 2.43. The van der Waals surface area contributed by atoms with Gasteiger partial charge >= 0.3 is 13.1 Å². The highest BCUT2D eigenvalue weighted by atomic mass is 16.4. The minimum Gasteiger partial charge on any atom is -0.478 e. The van der Waals surface area contributed by atoms with Crippen LogP contribution >= 0.6 is 0 Å². The highest BCUT2D eigenvalue weighted by Crippen LogP contribution is 2.24. The van der Waals surface area contributed by atoms with Crippen molar-refractivity contribution < 1.29 is 19.9 Å². The zero-order chi connectivity index (χ0) is 14.3. The summed E-state index contributed by atoms with van der Waals surface area (Å²) >= 11 is 0. The average molecular weight is 266 g/mol. The molecule has 0 bridgehead atoms. The minimum absolute atomic E-state index is 0.148. The maximum absolute atomic E-state index is 11.3. The monoisotopic (exact) mass is 266 g/mol. The number of rotatable bonds is 2. The summed E-state index contributed by atoms with van der Waals surface area (Å²) < 4.78 is 0. The molecule has 0 amide bonds. The van der Waals surface area contributed by atoms with Crippen molar-refractivity contribution >= 4 is 40.1 Å². The zero-order valence-corrected chi connectivity index (χ0v) is 10.4. The number of hydrogen-bond acceptors (Lipinski definition) is 3. The van der Waals surface area contributed by atoms with E-state index in [4.69, 9.17) is 0 Å². The molecule has 98 valence electrons. The van der Waals surface area contributed by atoms with Gasteiger partial charge in [0.15, 0.2) is 0 Å². The third kappa shape index (κ3) is 1.93. The SMILES string of the molecule is O=C(O)c1ccc(B(O)O)c2cc3ccccc3cc12. The topological polar surface area (TPSA) is 77.8 Å². The van der Waals surface area contributed by atoms with Crippen molar-refractivity contribution in [3.63, 3.8) is 0 Å². The predicted octanol–water partition coefficient (Wildman–Crippen LogP) is 1.37. The Morgan fingerprint density at radius 3 is 2.05 bits per heavy atom. The molecule has 0 heterocycles. The summed E-state index contributed by atoms with van der Waals surface area (Å²) in [5.74, 6) is -1.04. The molecule has 3 rings (SSSR count). The predicted molar refractivity (Wildman–Crippen MR) is 78.2 cm³/mol. The van der Waals surface area contributed by atoms with E-state index in [-0.39, 0.29) is 5.56 Å². The molecule has 0 aliphatic rings. The van der Waals surface area contributed by atoms with Gasteiger partial charge in [0.05, 0.1) is 5.56 Å². The Morgan fingerprint density at radius 2 is 1.50 bits per heavy atom. The molecular formula is C15H11BO4. The lowest BCUT2D eigenvalue weighted by Crippen LogP contribution is -2.30. The third-order valence-electron chi connectivity index (χ3n) is 3.43. The third-order valence-corrected chi connectivity index (χ3v) is 3.43. The van der Waals surface area contributed by atoms with E-state index in [9.17, 15) is 19.9 Å². The van der Waals surface area contributed by atoms with E-state index in [1.807, 2.05) is 24.3 Å². The number of carboxylic acids is 1. The standard InChI is InChI=1S/C15H11BO4/c17-15(18)11-5-6-14(16(19)20)13-8-10-4-2-1-3-9(10)7-12(11)13/h1-8,19-20H,(H,17,18). The number of fused-ring (bicyclic) bond motifs is 2. The number of carbonyl (C=O) groups is 1. The van der Waals surface area contributed by atoms with Gasteiger partial charge in [-0.3, -0.25) is 0 Å². The molecule has 3 aromatic carbocycles. The lowest BCUT2D eigenvalue weighted by Gasteiger charge is -2.10. The van der Waals surface area contributed by atoms with Gasteiger partial charge < -0.3 is 15.2 Å². The molecule has 0 atom stereocenters. The van der Waals surface area contributed by atoms with Crippen LogP contribution in [0.5, 0.6) is 0 Å². The van der Waals surface area contributed by atoms with Crippen LogP contribution in [0.3, 0.4) is 0 Å². The fraction of sp³-hybridized carbons (Fsp3) is 0. The van der Waals surface area contributed by atoms with Gasteiger partial charge in [-0.15, -0.1) is 0 Å². The molecule has 0 spiro atoms. The van der Waals surface area contributed by atoms with E-state index in [1.54, 1.807) is 12.1 Å². The summed E-state index contributed by atoms with van der Waals surface area (Å²) in [6.45, 7) is 0. The summed E-state index contributed by atoms with van der Waals surface area (Å²) in [4.78, 5) is 11.3. The van der Waals surface area contributed by atoms with Gasteiger partial charge in [-0.25, -0.2) is 4.79 Å². The lowest BCUT2D eigenvalue weighted by molar-refractivity contribution is 0.0699. The van der Waals surface area contributed by atoms with E-state index < -0.39 is 13.1 Å². The molecule has 0 aliphatic heterocycles. The van der Waals surface area contributed by atoms with Crippen molar-refractivity contribution in [2.75, 3.05) is 0 Å². The first kappa shape index (κ1) is 12.7. The molecule has 0 fully saturated rings. The van der Waals surface area contributed by atoms with Gasteiger partial charge in [0.2, 0.25) is 0 Å². The molecule has 0 aromatic heterocycles. The maximum atomic E-state index is 11.3. The van der Waals surface area contributed by atoms with Crippen molar-refractivity contribution in [3.05, 3.63) is 54.1 Å². The van der Waals surface area contributed by atoms with Crippen LogP contribution in [0.4, 0.5) is 0 Å². The van der Waals surface area contributed by atoms with E-state index >= 15 is 0 Å². The Morgan fingerprint density at radius 1 is 0.900 bits per heavy atom. The minimum atomic E-state index is -1.64. The Hall–Kier alpha value is -2.37. The molecule has 20 heavy (non-hydrogen) atoms. The highest BCUT2D eigenvalue weighted by molar-refractivity contribution is 6.62. The van der Waals surface area contributed by atoms with Crippen molar-refractivity contribution in [2.24, 2.45) is 0 Å². The number of hydrogen-bond donors (Lipinski definition) is 3. The smallest absolute Gasteiger partial charge is 0.478 e. The molecule has 0 aliphatic carbocycles. The molecule has 0 unspecified atom stereocenters. The Balaban J connectivity index is 2.49.